The van der Waals surface area contributed by atoms with E-state index in [1.807, 2.05) is 36.4 Å². The lowest BCUT2D eigenvalue weighted by atomic mass is 10.1. The van der Waals surface area contributed by atoms with E-state index in [-0.39, 0.29) is 5.78 Å². The summed E-state index contributed by atoms with van der Waals surface area (Å²) in [6.45, 7) is 0. The Labute approximate surface area is 112 Å². The molecular formula is C16H15NO2. The molecule has 0 saturated carbocycles. The topological polar surface area (TPSA) is 38.3 Å². The molecule has 0 amide bonds. The van der Waals surface area contributed by atoms with Crippen molar-refractivity contribution in [2.45, 2.75) is 0 Å². The lowest BCUT2D eigenvalue weighted by Crippen LogP contribution is -1.97. The van der Waals surface area contributed by atoms with Crippen LogP contribution >= 0.6 is 0 Å². The smallest absolute Gasteiger partial charge is 0.187 e. The number of ketones is 1. The molecule has 0 atom stereocenters. The fraction of sp³-hybridized carbons (Fsp3) is 0.0625. The Kier molecular flexibility index (Phi) is 4.34. The number of methoxy groups -OCH3 is 1. The van der Waals surface area contributed by atoms with Crippen LogP contribution in [0, 0.1) is 0 Å². The summed E-state index contributed by atoms with van der Waals surface area (Å²) in [6, 6.07) is 16.7. The number of nitrogens with one attached hydrogen (secondary N) is 1. The van der Waals surface area contributed by atoms with Gasteiger partial charge in [-0.15, -0.1) is 0 Å². The number of benzene rings is 2. The Morgan fingerprint density at radius 1 is 1.11 bits per heavy atom. The number of hydrogen-bond donors (Lipinski definition) is 1. The van der Waals surface area contributed by atoms with Gasteiger partial charge in [-0.1, -0.05) is 30.3 Å². The standard InChI is InChI=1S/C16H15NO2/c1-19-15-9-5-6-13(12-15)16(18)10-11-17-14-7-3-2-4-8-14/h2-12,17H,1H3/b11-10+. The van der Waals surface area contributed by atoms with Gasteiger partial charge in [-0.05, 0) is 24.3 Å². The number of rotatable bonds is 5. The number of carbonyl (C=O) groups is 1. The van der Waals surface area contributed by atoms with Gasteiger partial charge >= 0.3 is 0 Å². The van der Waals surface area contributed by atoms with E-state index in [9.17, 15) is 4.79 Å². The number of ether oxygens (including phenoxy) is 1. The highest BCUT2D eigenvalue weighted by Gasteiger charge is 2.02. The molecular weight excluding hydrogens is 238 g/mol. The van der Waals surface area contributed by atoms with Gasteiger partial charge in [0.2, 0.25) is 0 Å². The SMILES string of the molecule is COc1cccc(C(=O)/C=C/Nc2ccccc2)c1. The molecule has 0 saturated heterocycles. The van der Waals surface area contributed by atoms with Gasteiger partial charge in [0, 0.05) is 23.5 Å². The number of allylic oxidation sites excluding steroid dienone is 1. The van der Waals surface area contributed by atoms with Crippen LogP contribution in [0.1, 0.15) is 10.4 Å². The maximum atomic E-state index is 11.9. The molecule has 0 spiro atoms. The van der Waals surface area contributed by atoms with Crippen molar-refractivity contribution in [2.24, 2.45) is 0 Å². The molecule has 0 heterocycles. The van der Waals surface area contributed by atoms with Crippen molar-refractivity contribution in [1.29, 1.82) is 0 Å². The summed E-state index contributed by atoms with van der Waals surface area (Å²) in [5.74, 6) is 0.609. The Balaban J connectivity index is 2.00. The van der Waals surface area contributed by atoms with E-state index in [4.69, 9.17) is 4.74 Å². The van der Waals surface area contributed by atoms with E-state index >= 15 is 0 Å². The van der Waals surface area contributed by atoms with Crippen LogP contribution in [0.25, 0.3) is 0 Å². The Morgan fingerprint density at radius 3 is 2.63 bits per heavy atom. The van der Waals surface area contributed by atoms with Crippen LogP contribution in [0.3, 0.4) is 0 Å². The van der Waals surface area contributed by atoms with Crippen LogP contribution in [0.5, 0.6) is 5.75 Å². The molecule has 0 aliphatic carbocycles. The molecule has 1 N–H and O–H groups in total. The van der Waals surface area contributed by atoms with E-state index in [0.29, 0.717) is 11.3 Å². The van der Waals surface area contributed by atoms with Crippen LogP contribution < -0.4 is 10.1 Å². The van der Waals surface area contributed by atoms with Crippen molar-refractivity contribution in [3.8, 4) is 5.75 Å². The van der Waals surface area contributed by atoms with E-state index in [2.05, 4.69) is 5.32 Å². The molecule has 2 aromatic rings. The van der Waals surface area contributed by atoms with Crippen molar-refractivity contribution in [2.75, 3.05) is 12.4 Å². The molecule has 19 heavy (non-hydrogen) atoms. The van der Waals surface area contributed by atoms with Crippen molar-refractivity contribution < 1.29 is 9.53 Å². The highest BCUT2D eigenvalue weighted by molar-refractivity contribution is 6.04. The number of anilines is 1. The molecule has 0 radical (unpaired) electrons. The highest BCUT2D eigenvalue weighted by Crippen LogP contribution is 2.13. The third-order valence-corrected chi connectivity index (χ3v) is 2.61. The van der Waals surface area contributed by atoms with Crippen LogP contribution in [0.2, 0.25) is 0 Å². The molecule has 0 unspecified atom stereocenters. The van der Waals surface area contributed by atoms with Gasteiger partial charge in [-0.3, -0.25) is 4.79 Å². The Bertz CT molecular complexity index is 576. The van der Waals surface area contributed by atoms with Gasteiger partial charge in [0.15, 0.2) is 5.78 Å². The summed E-state index contributed by atoms with van der Waals surface area (Å²) in [5.41, 5.74) is 1.54. The largest absolute Gasteiger partial charge is 0.497 e. The molecule has 3 heteroatoms. The first-order chi connectivity index (χ1) is 9.29. The minimum Gasteiger partial charge on any atom is -0.497 e. The number of hydrogen-bond acceptors (Lipinski definition) is 3. The zero-order chi connectivity index (χ0) is 13.5. The van der Waals surface area contributed by atoms with Gasteiger partial charge in [0.05, 0.1) is 7.11 Å². The van der Waals surface area contributed by atoms with Gasteiger partial charge < -0.3 is 10.1 Å². The molecule has 2 aromatic carbocycles. The average molecular weight is 253 g/mol. The lowest BCUT2D eigenvalue weighted by molar-refractivity contribution is 0.104. The molecule has 0 aliphatic rings. The second-order valence-corrected chi connectivity index (χ2v) is 3.94. The third-order valence-electron chi connectivity index (χ3n) is 2.61. The van der Waals surface area contributed by atoms with Crippen molar-refractivity contribution in [1.82, 2.24) is 0 Å². The normalized spacial score (nSPS) is 10.4. The molecule has 0 bridgehead atoms. The van der Waals surface area contributed by atoms with Gasteiger partial charge in [0.25, 0.3) is 0 Å². The lowest BCUT2D eigenvalue weighted by Gasteiger charge is -2.01. The van der Waals surface area contributed by atoms with Crippen LogP contribution in [0.15, 0.2) is 66.9 Å². The van der Waals surface area contributed by atoms with Crippen molar-refractivity contribution in [3.63, 3.8) is 0 Å². The fourth-order valence-electron chi connectivity index (χ4n) is 1.62. The van der Waals surface area contributed by atoms with Crippen molar-refractivity contribution >= 4 is 11.5 Å². The fourth-order valence-corrected chi connectivity index (χ4v) is 1.62. The average Bonchev–Trinajstić information content (AvgIpc) is 2.48. The first-order valence-electron chi connectivity index (χ1n) is 5.96. The second-order valence-electron chi connectivity index (χ2n) is 3.94. The Morgan fingerprint density at radius 2 is 1.89 bits per heavy atom. The van der Waals surface area contributed by atoms with Crippen LogP contribution in [0.4, 0.5) is 5.69 Å². The van der Waals surface area contributed by atoms with E-state index in [1.165, 1.54) is 6.08 Å². The zero-order valence-electron chi connectivity index (χ0n) is 10.7. The zero-order valence-corrected chi connectivity index (χ0v) is 10.7. The summed E-state index contributed by atoms with van der Waals surface area (Å²) in [7, 11) is 1.58. The highest BCUT2D eigenvalue weighted by atomic mass is 16.5. The predicted molar refractivity (Wildman–Crippen MR) is 76.5 cm³/mol. The molecule has 0 fully saturated rings. The second kappa shape index (κ2) is 6.40. The summed E-state index contributed by atoms with van der Waals surface area (Å²) < 4.78 is 5.09. The molecule has 0 aliphatic heterocycles. The summed E-state index contributed by atoms with van der Waals surface area (Å²) in [6.07, 6.45) is 3.14. The maximum Gasteiger partial charge on any atom is 0.187 e. The summed E-state index contributed by atoms with van der Waals surface area (Å²) >= 11 is 0. The number of carbonyl (C=O) groups excluding carboxylic acids is 1. The minimum atomic E-state index is -0.0673. The quantitative estimate of drug-likeness (QED) is 0.654. The molecule has 0 aromatic heterocycles. The molecule has 3 nitrogen and oxygen atoms in total. The van der Waals surface area contributed by atoms with E-state index in [0.717, 1.165) is 5.69 Å². The maximum absolute atomic E-state index is 11.9. The van der Waals surface area contributed by atoms with Crippen molar-refractivity contribution in [3.05, 3.63) is 72.4 Å². The van der Waals surface area contributed by atoms with Crippen LogP contribution in [-0.2, 0) is 0 Å². The monoisotopic (exact) mass is 253 g/mol. The summed E-state index contributed by atoms with van der Waals surface area (Å²) in [5, 5.41) is 3.04. The molecule has 96 valence electrons. The third kappa shape index (κ3) is 3.71. The van der Waals surface area contributed by atoms with Crippen LogP contribution in [-0.4, -0.2) is 12.9 Å². The van der Waals surface area contributed by atoms with Gasteiger partial charge in [0.1, 0.15) is 5.75 Å². The number of para-hydroxylation sites is 1. The van der Waals surface area contributed by atoms with Gasteiger partial charge in [-0.2, -0.15) is 0 Å². The predicted octanol–water partition coefficient (Wildman–Crippen LogP) is 3.50. The molecule has 2 rings (SSSR count). The first kappa shape index (κ1) is 12.9. The van der Waals surface area contributed by atoms with E-state index < -0.39 is 0 Å². The Hall–Kier alpha value is -2.55. The van der Waals surface area contributed by atoms with Gasteiger partial charge in [-0.25, -0.2) is 0 Å². The van der Waals surface area contributed by atoms with E-state index in [1.54, 1.807) is 31.5 Å². The minimum absolute atomic E-state index is 0.0673. The first-order valence-corrected chi connectivity index (χ1v) is 5.96. The summed E-state index contributed by atoms with van der Waals surface area (Å²) in [4.78, 5) is 11.9.